The molecule has 0 atom stereocenters. The molecule has 0 unspecified atom stereocenters. The smallest absolute Gasteiger partial charge is 0.253 e. The molecule has 0 radical (unpaired) electrons. The Hall–Kier alpha value is -3.15. The van der Waals surface area contributed by atoms with Crippen molar-refractivity contribution in [3.63, 3.8) is 0 Å². The van der Waals surface area contributed by atoms with Crippen LogP contribution in [0.3, 0.4) is 0 Å². The number of hydrogen-bond donors (Lipinski definition) is 0. The van der Waals surface area contributed by atoms with E-state index in [0.717, 1.165) is 18.5 Å². The van der Waals surface area contributed by atoms with E-state index in [2.05, 4.69) is 0 Å². The summed E-state index contributed by atoms with van der Waals surface area (Å²) in [6.45, 7) is 3.55. The Balaban J connectivity index is 1.32. The molecule has 0 aliphatic carbocycles. The number of carbonyl (C=O) groups is 3. The summed E-state index contributed by atoms with van der Waals surface area (Å²) < 4.78 is 0. The minimum Gasteiger partial charge on any atom is -0.338 e. The first kappa shape index (κ1) is 19.2. The molecule has 2 aromatic carbocycles. The van der Waals surface area contributed by atoms with Crippen LogP contribution in [-0.2, 0) is 11.3 Å². The summed E-state index contributed by atoms with van der Waals surface area (Å²) in [4.78, 5) is 42.6. The van der Waals surface area contributed by atoms with Gasteiger partial charge in [0.25, 0.3) is 11.8 Å². The number of rotatable bonds is 4. The van der Waals surface area contributed by atoms with Crippen LogP contribution < -0.4 is 0 Å². The van der Waals surface area contributed by atoms with Crippen molar-refractivity contribution in [2.24, 2.45) is 0 Å². The van der Waals surface area contributed by atoms with Gasteiger partial charge in [0.15, 0.2) is 0 Å². The van der Waals surface area contributed by atoms with Gasteiger partial charge < -0.3 is 14.7 Å². The van der Waals surface area contributed by atoms with Crippen molar-refractivity contribution in [2.75, 3.05) is 32.7 Å². The van der Waals surface area contributed by atoms with Gasteiger partial charge in [-0.05, 0) is 36.2 Å². The second kappa shape index (κ2) is 8.47. The van der Waals surface area contributed by atoms with Crippen molar-refractivity contribution in [2.45, 2.75) is 19.4 Å². The monoisotopic (exact) mass is 391 g/mol. The zero-order valence-electron chi connectivity index (χ0n) is 16.4. The molecule has 2 fully saturated rings. The Bertz CT molecular complexity index is 887. The molecule has 0 N–H and O–H groups in total. The fourth-order valence-electron chi connectivity index (χ4n) is 3.90. The van der Waals surface area contributed by atoms with Gasteiger partial charge in [-0.25, -0.2) is 0 Å². The molecule has 0 bridgehead atoms. The van der Waals surface area contributed by atoms with Gasteiger partial charge in [0.1, 0.15) is 0 Å². The predicted molar refractivity (Wildman–Crippen MR) is 109 cm³/mol. The fraction of sp³-hybridized carbons (Fsp3) is 0.348. The third-order valence-electron chi connectivity index (χ3n) is 5.62. The van der Waals surface area contributed by atoms with Crippen LogP contribution in [0.2, 0.25) is 0 Å². The van der Waals surface area contributed by atoms with E-state index in [9.17, 15) is 14.4 Å². The normalized spacial score (nSPS) is 17.0. The summed E-state index contributed by atoms with van der Waals surface area (Å²) in [7, 11) is 0. The maximum atomic E-state index is 12.8. The predicted octanol–water partition coefficient (Wildman–Crippen LogP) is 2.41. The zero-order chi connectivity index (χ0) is 20.2. The molecule has 0 aromatic heterocycles. The quantitative estimate of drug-likeness (QED) is 0.804. The van der Waals surface area contributed by atoms with Gasteiger partial charge in [0.05, 0.1) is 0 Å². The Morgan fingerprint density at radius 3 is 1.79 bits per heavy atom. The highest BCUT2D eigenvalue weighted by Crippen LogP contribution is 2.16. The van der Waals surface area contributed by atoms with Crippen LogP contribution in [0.25, 0.3) is 0 Å². The van der Waals surface area contributed by atoms with E-state index in [4.69, 9.17) is 0 Å². The highest BCUT2D eigenvalue weighted by molar-refractivity contribution is 5.96. The average Bonchev–Trinajstić information content (AvgIpc) is 3.18. The third kappa shape index (κ3) is 4.31. The van der Waals surface area contributed by atoms with E-state index in [1.165, 1.54) is 0 Å². The number of likely N-dealkylation sites (tertiary alicyclic amines) is 1. The molecule has 2 heterocycles. The molecule has 0 spiro atoms. The standard InChI is InChI=1S/C23H25N3O3/c27-21-7-4-12-26(21)17-18-8-10-20(11-9-18)23(29)25-15-13-24(14-16-25)22(28)19-5-2-1-3-6-19/h1-3,5-6,8-11H,4,7,12-17H2. The molecule has 4 rings (SSSR count). The number of carbonyl (C=O) groups excluding carboxylic acids is 3. The number of hydrogen-bond acceptors (Lipinski definition) is 3. The van der Waals surface area contributed by atoms with Gasteiger partial charge in [0, 0.05) is 56.8 Å². The molecular formula is C23H25N3O3. The molecule has 6 nitrogen and oxygen atoms in total. The summed E-state index contributed by atoms with van der Waals surface area (Å²) in [5.41, 5.74) is 2.36. The van der Waals surface area contributed by atoms with Crippen LogP contribution in [0.1, 0.15) is 39.1 Å². The van der Waals surface area contributed by atoms with E-state index < -0.39 is 0 Å². The maximum Gasteiger partial charge on any atom is 0.253 e. The second-order valence-electron chi connectivity index (χ2n) is 7.57. The lowest BCUT2D eigenvalue weighted by atomic mass is 10.1. The average molecular weight is 391 g/mol. The number of piperazine rings is 1. The summed E-state index contributed by atoms with van der Waals surface area (Å²) >= 11 is 0. The molecular weight excluding hydrogens is 366 g/mol. The highest BCUT2D eigenvalue weighted by atomic mass is 16.2. The summed E-state index contributed by atoms with van der Waals surface area (Å²) in [6.07, 6.45) is 1.56. The Morgan fingerprint density at radius 1 is 0.724 bits per heavy atom. The molecule has 2 aliphatic heterocycles. The molecule has 2 aromatic rings. The number of benzene rings is 2. The van der Waals surface area contributed by atoms with E-state index >= 15 is 0 Å². The Kier molecular flexibility index (Phi) is 5.60. The fourth-order valence-corrected chi connectivity index (χ4v) is 3.90. The molecule has 2 aliphatic rings. The number of nitrogens with zero attached hydrogens (tertiary/aromatic N) is 3. The van der Waals surface area contributed by atoms with E-state index in [1.54, 1.807) is 9.80 Å². The minimum absolute atomic E-state index is 0.0125. The lowest BCUT2D eigenvalue weighted by Gasteiger charge is -2.35. The van der Waals surface area contributed by atoms with Crippen molar-refractivity contribution in [1.29, 1.82) is 0 Å². The van der Waals surface area contributed by atoms with Crippen molar-refractivity contribution >= 4 is 17.7 Å². The molecule has 3 amide bonds. The summed E-state index contributed by atoms with van der Waals surface area (Å²) in [5, 5.41) is 0. The third-order valence-corrected chi connectivity index (χ3v) is 5.62. The maximum absolute atomic E-state index is 12.8. The number of amides is 3. The topological polar surface area (TPSA) is 60.9 Å². The van der Waals surface area contributed by atoms with Crippen molar-refractivity contribution in [3.05, 3.63) is 71.3 Å². The summed E-state index contributed by atoms with van der Waals surface area (Å²) in [5.74, 6) is 0.201. The largest absolute Gasteiger partial charge is 0.338 e. The molecule has 29 heavy (non-hydrogen) atoms. The Labute approximate surface area is 170 Å². The second-order valence-corrected chi connectivity index (χ2v) is 7.57. The Morgan fingerprint density at radius 2 is 1.28 bits per heavy atom. The van der Waals surface area contributed by atoms with Crippen LogP contribution in [-0.4, -0.2) is 65.1 Å². The molecule has 150 valence electrons. The van der Waals surface area contributed by atoms with Gasteiger partial charge in [-0.3, -0.25) is 14.4 Å². The first-order valence-electron chi connectivity index (χ1n) is 10.1. The lowest BCUT2D eigenvalue weighted by molar-refractivity contribution is -0.128. The van der Waals surface area contributed by atoms with Gasteiger partial charge in [-0.15, -0.1) is 0 Å². The van der Waals surface area contributed by atoms with Gasteiger partial charge in [-0.2, -0.15) is 0 Å². The van der Waals surface area contributed by atoms with Crippen LogP contribution >= 0.6 is 0 Å². The zero-order valence-corrected chi connectivity index (χ0v) is 16.4. The van der Waals surface area contributed by atoms with Gasteiger partial charge >= 0.3 is 0 Å². The van der Waals surface area contributed by atoms with E-state index in [1.807, 2.05) is 59.5 Å². The van der Waals surface area contributed by atoms with Crippen LogP contribution in [0, 0.1) is 0 Å². The van der Waals surface area contributed by atoms with Crippen molar-refractivity contribution in [3.8, 4) is 0 Å². The molecule has 2 saturated heterocycles. The van der Waals surface area contributed by atoms with Crippen molar-refractivity contribution in [1.82, 2.24) is 14.7 Å². The summed E-state index contributed by atoms with van der Waals surface area (Å²) in [6, 6.07) is 16.8. The molecule has 6 heteroatoms. The lowest BCUT2D eigenvalue weighted by Crippen LogP contribution is -2.50. The van der Waals surface area contributed by atoms with E-state index in [0.29, 0.717) is 50.3 Å². The van der Waals surface area contributed by atoms with Crippen LogP contribution in [0.5, 0.6) is 0 Å². The molecule has 0 saturated carbocycles. The minimum atomic E-state index is -0.0133. The van der Waals surface area contributed by atoms with Gasteiger partial charge in [-0.1, -0.05) is 30.3 Å². The van der Waals surface area contributed by atoms with Gasteiger partial charge in [0.2, 0.25) is 5.91 Å². The SMILES string of the molecule is O=C1CCCN1Cc1ccc(C(=O)N2CCN(C(=O)c3ccccc3)CC2)cc1. The first-order valence-corrected chi connectivity index (χ1v) is 10.1. The van der Waals surface area contributed by atoms with Crippen molar-refractivity contribution < 1.29 is 14.4 Å². The van der Waals surface area contributed by atoms with Crippen LogP contribution in [0.15, 0.2) is 54.6 Å². The van der Waals surface area contributed by atoms with Crippen LogP contribution in [0.4, 0.5) is 0 Å². The van der Waals surface area contributed by atoms with E-state index in [-0.39, 0.29) is 17.7 Å². The first-order chi connectivity index (χ1) is 14.1. The highest BCUT2D eigenvalue weighted by Gasteiger charge is 2.25.